The molecule has 1 aromatic heterocycles. The highest BCUT2D eigenvalue weighted by molar-refractivity contribution is 5.91. The number of nitrogens with one attached hydrogen (secondary N) is 1. The first-order valence-electron chi connectivity index (χ1n) is 12.0. The minimum Gasteiger partial charge on any atom is -0.492 e. The Morgan fingerprint density at radius 2 is 1.71 bits per heavy atom. The molecule has 0 aliphatic carbocycles. The van der Waals surface area contributed by atoms with E-state index < -0.39 is 23.8 Å². The molecule has 0 aliphatic heterocycles. The van der Waals surface area contributed by atoms with Gasteiger partial charge in [0.05, 0.1) is 41.5 Å². The number of anilines is 1. The van der Waals surface area contributed by atoms with Crippen LogP contribution in [0.1, 0.15) is 36.7 Å². The van der Waals surface area contributed by atoms with Crippen LogP contribution >= 0.6 is 0 Å². The number of hydrogen-bond donors (Lipinski definition) is 1. The zero-order chi connectivity index (χ0) is 27.4. The van der Waals surface area contributed by atoms with Crippen LogP contribution in [0.3, 0.4) is 0 Å². The zero-order valence-corrected chi connectivity index (χ0v) is 21.1. The number of urea groups is 1. The third-order valence-electron chi connectivity index (χ3n) is 6.25. The fourth-order valence-corrected chi connectivity index (χ4v) is 4.16. The summed E-state index contributed by atoms with van der Waals surface area (Å²) in [4.78, 5) is 32.6. The minimum absolute atomic E-state index is 0.123. The number of carbonyl (C=O) groups excluding carboxylic acids is 1. The molecule has 1 unspecified atom stereocenters. The monoisotopic (exact) mass is 524 g/mol. The fraction of sp³-hybridized carbons (Fsp3) is 0.250. The summed E-state index contributed by atoms with van der Waals surface area (Å²) >= 11 is 0. The molecule has 1 atom stereocenters. The van der Waals surface area contributed by atoms with Crippen LogP contribution < -0.4 is 15.6 Å². The molecule has 198 valence electrons. The van der Waals surface area contributed by atoms with Gasteiger partial charge in [-0.2, -0.15) is 13.2 Å². The lowest BCUT2D eigenvalue weighted by atomic mass is 10.0. The van der Waals surface area contributed by atoms with Crippen molar-refractivity contribution in [2.24, 2.45) is 7.05 Å². The van der Waals surface area contributed by atoms with Crippen molar-refractivity contribution < 1.29 is 22.7 Å². The summed E-state index contributed by atoms with van der Waals surface area (Å²) in [6, 6.07) is 17.4. The Bertz CT molecular complexity index is 1500. The van der Waals surface area contributed by atoms with E-state index in [4.69, 9.17) is 4.74 Å². The van der Waals surface area contributed by atoms with Crippen molar-refractivity contribution in [1.29, 1.82) is 0 Å². The maximum atomic E-state index is 13.6. The van der Waals surface area contributed by atoms with Crippen molar-refractivity contribution >= 4 is 22.8 Å². The van der Waals surface area contributed by atoms with E-state index in [0.29, 0.717) is 34.6 Å². The number of ether oxygens (including phenoxy) is 1. The van der Waals surface area contributed by atoms with Gasteiger partial charge in [0.1, 0.15) is 11.4 Å². The first-order chi connectivity index (χ1) is 18.1. The van der Waals surface area contributed by atoms with E-state index in [9.17, 15) is 22.8 Å². The zero-order valence-electron chi connectivity index (χ0n) is 21.1. The van der Waals surface area contributed by atoms with Crippen molar-refractivity contribution in [2.45, 2.75) is 32.6 Å². The summed E-state index contributed by atoms with van der Waals surface area (Å²) in [5.41, 5.74) is 1.05. The molecule has 1 heterocycles. The van der Waals surface area contributed by atoms with E-state index in [0.717, 1.165) is 12.1 Å². The average Bonchev–Trinajstić information content (AvgIpc) is 2.90. The van der Waals surface area contributed by atoms with Crippen molar-refractivity contribution in [3.8, 4) is 5.75 Å². The Balaban J connectivity index is 1.73. The number of halogens is 3. The van der Waals surface area contributed by atoms with Gasteiger partial charge in [0.25, 0.3) is 5.56 Å². The SMILES string of the molecule is CCOc1ccccc1NC(=O)N(Cc1nc2ccccc2n(C)c1=O)C(C)c1ccc(C(F)(F)F)cc1. The Morgan fingerprint density at radius 1 is 1.05 bits per heavy atom. The summed E-state index contributed by atoms with van der Waals surface area (Å²) in [5, 5.41) is 2.82. The number of fused-ring (bicyclic) bond motifs is 1. The van der Waals surface area contributed by atoms with Crippen LogP contribution in [0, 0.1) is 0 Å². The maximum absolute atomic E-state index is 13.6. The third kappa shape index (κ3) is 5.64. The average molecular weight is 525 g/mol. The molecule has 38 heavy (non-hydrogen) atoms. The highest BCUT2D eigenvalue weighted by atomic mass is 19.4. The van der Waals surface area contributed by atoms with Crippen LogP contribution in [0.25, 0.3) is 11.0 Å². The summed E-state index contributed by atoms with van der Waals surface area (Å²) in [6.45, 7) is 3.71. The molecule has 2 amide bonds. The van der Waals surface area contributed by atoms with Gasteiger partial charge in [-0.25, -0.2) is 9.78 Å². The fourth-order valence-electron chi connectivity index (χ4n) is 4.16. The van der Waals surface area contributed by atoms with Crippen LogP contribution in [0.5, 0.6) is 5.75 Å². The van der Waals surface area contributed by atoms with E-state index in [2.05, 4.69) is 10.3 Å². The predicted octanol–water partition coefficient (Wildman–Crippen LogP) is 6.15. The topological polar surface area (TPSA) is 76.5 Å². The van der Waals surface area contributed by atoms with Crippen molar-refractivity contribution in [3.63, 3.8) is 0 Å². The number of hydrogen-bond acceptors (Lipinski definition) is 4. The van der Waals surface area contributed by atoms with Crippen molar-refractivity contribution in [2.75, 3.05) is 11.9 Å². The van der Waals surface area contributed by atoms with Gasteiger partial charge in [0.15, 0.2) is 0 Å². The number of amides is 2. The van der Waals surface area contributed by atoms with Gasteiger partial charge in [-0.15, -0.1) is 0 Å². The van der Waals surface area contributed by atoms with Crippen LogP contribution in [0.15, 0.2) is 77.6 Å². The number of para-hydroxylation sites is 4. The number of nitrogens with zero attached hydrogens (tertiary/aromatic N) is 3. The Labute approximate surface area is 217 Å². The number of aryl methyl sites for hydroxylation is 1. The number of aromatic nitrogens is 2. The van der Waals surface area contributed by atoms with Gasteiger partial charge in [-0.05, 0) is 55.8 Å². The standard InChI is InChI=1S/C28H27F3N4O3/c1-4-38-25-12-8-6-10-22(25)33-27(37)35(18(2)19-13-15-20(16-14-19)28(29,30)31)17-23-26(36)34(3)24-11-7-5-9-21(24)32-23/h5-16,18H,4,17H2,1-3H3,(H,33,37). The second-order valence-electron chi connectivity index (χ2n) is 8.69. The molecule has 0 spiro atoms. The summed E-state index contributed by atoms with van der Waals surface area (Å²) in [5.74, 6) is 0.463. The molecule has 7 nitrogen and oxygen atoms in total. The highest BCUT2D eigenvalue weighted by Gasteiger charge is 2.31. The predicted molar refractivity (Wildman–Crippen MR) is 139 cm³/mol. The van der Waals surface area contributed by atoms with Crippen molar-refractivity contribution in [3.05, 3.63) is 100.0 Å². The van der Waals surface area contributed by atoms with Crippen LogP contribution in [0.4, 0.5) is 23.7 Å². The molecule has 0 fully saturated rings. The molecule has 3 aromatic carbocycles. The van der Waals surface area contributed by atoms with E-state index in [1.54, 1.807) is 62.5 Å². The Kier molecular flexibility index (Phi) is 7.70. The summed E-state index contributed by atoms with van der Waals surface area (Å²) in [7, 11) is 1.62. The molecule has 4 rings (SSSR count). The van der Waals surface area contributed by atoms with Gasteiger partial charge >= 0.3 is 12.2 Å². The van der Waals surface area contributed by atoms with Gasteiger partial charge in [-0.3, -0.25) is 4.79 Å². The second kappa shape index (κ2) is 11.0. The quantitative estimate of drug-likeness (QED) is 0.315. The summed E-state index contributed by atoms with van der Waals surface area (Å²) < 4.78 is 46.4. The molecule has 0 saturated carbocycles. The van der Waals surface area contributed by atoms with Gasteiger partial charge in [-0.1, -0.05) is 36.4 Å². The summed E-state index contributed by atoms with van der Waals surface area (Å²) in [6.07, 6.45) is -4.48. The third-order valence-corrected chi connectivity index (χ3v) is 6.25. The maximum Gasteiger partial charge on any atom is 0.416 e. The molecule has 0 radical (unpaired) electrons. The number of alkyl halides is 3. The normalized spacial score (nSPS) is 12.3. The number of rotatable bonds is 7. The van der Waals surface area contributed by atoms with Crippen LogP contribution in [0.2, 0.25) is 0 Å². The molecule has 1 N–H and O–H groups in total. The Morgan fingerprint density at radius 3 is 2.39 bits per heavy atom. The Hall–Kier alpha value is -4.34. The van der Waals surface area contributed by atoms with E-state index in [1.807, 2.05) is 6.92 Å². The lowest BCUT2D eigenvalue weighted by molar-refractivity contribution is -0.137. The highest BCUT2D eigenvalue weighted by Crippen LogP contribution is 2.32. The number of carbonyl (C=O) groups is 1. The minimum atomic E-state index is -4.48. The van der Waals surface area contributed by atoms with Gasteiger partial charge < -0.3 is 19.5 Å². The van der Waals surface area contributed by atoms with E-state index >= 15 is 0 Å². The van der Waals surface area contributed by atoms with E-state index in [-0.39, 0.29) is 17.8 Å². The molecule has 0 saturated heterocycles. The lowest BCUT2D eigenvalue weighted by Crippen LogP contribution is -2.39. The smallest absolute Gasteiger partial charge is 0.416 e. The molecular formula is C28H27F3N4O3. The van der Waals surface area contributed by atoms with Gasteiger partial charge in [0, 0.05) is 7.05 Å². The van der Waals surface area contributed by atoms with E-state index in [1.165, 1.54) is 21.6 Å². The van der Waals surface area contributed by atoms with Crippen LogP contribution in [-0.2, 0) is 19.8 Å². The van der Waals surface area contributed by atoms with Crippen LogP contribution in [-0.4, -0.2) is 27.1 Å². The van der Waals surface area contributed by atoms with Gasteiger partial charge in [0.2, 0.25) is 0 Å². The molecule has 0 aliphatic rings. The first kappa shape index (κ1) is 26.7. The second-order valence-corrected chi connectivity index (χ2v) is 8.69. The first-order valence-corrected chi connectivity index (χ1v) is 12.0. The molecule has 0 bridgehead atoms. The largest absolute Gasteiger partial charge is 0.492 e. The molecule has 4 aromatic rings. The molecule has 10 heteroatoms. The lowest BCUT2D eigenvalue weighted by Gasteiger charge is -2.30. The number of benzene rings is 3. The molecular weight excluding hydrogens is 497 g/mol. The van der Waals surface area contributed by atoms with Crippen molar-refractivity contribution in [1.82, 2.24) is 14.5 Å².